The average molecular weight is 282 g/mol. The number of fused-ring (bicyclic) bond motifs is 2. The average Bonchev–Trinajstić information content (AvgIpc) is 3.04. The summed E-state index contributed by atoms with van der Waals surface area (Å²) in [6, 6.07) is -0.222. The van der Waals surface area contributed by atoms with Crippen molar-refractivity contribution in [2.75, 3.05) is 13.2 Å². The zero-order valence-corrected chi connectivity index (χ0v) is 11.6. The monoisotopic (exact) mass is 282 g/mol. The number of carbonyl (C=O) groups is 2. The van der Waals surface area contributed by atoms with Crippen LogP contribution in [0.1, 0.15) is 38.5 Å². The molecule has 6 heteroatoms. The summed E-state index contributed by atoms with van der Waals surface area (Å²) in [6.07, 6.45) is 5.15. The Hall–Kier alpha value is -1.30. The second kappa shape index (κ2) is 5.24. The van der Waals surface area contributed by atoms with Gasteiger partial charge in [0.15, 0.2) is 0 Å². The van der Waals surface area contributed by atoms with Crippen molar-refractivity contribution in [3.05, 3.63) is 0 Å². The van der Waals surface area contributed by atoms with Crippen LogP contribution in [0.2, 0.25) is 0 Å². The lowest BCUT2D eigenvalue weighted by Crippen LogP contribution is -2.53. The predicted octanol–water partition coefficient (Wildman–Crippen LogP) is 0.891. The molecule has 4 unspecified atom stereocenters. The Morgan fingerprint density at radius 1 is 1.15 bits per heavy atom. The van der Waals surface area contributed by atoms with Crippen molar-refractivity contribution in [3.8, 4) is 0 Å². The van der Waals surface area contributed by atoms with Gasteiger partial charge in [0, 0.05) is 18.6 Å². The third-order valence-corrected chi connectivity index (χ3v) is 5.16. The number of rotatable bonds is 2. The van der Waals surface area contributed by atoms with Crippen molar-refractivity contribution in [1.29, 1.82) is 0 Å². The first-order valence-corrected chi connectivity index (χ1v) is 7.56. The zero-order valence-electron chi connectivity index (χ0n) is 11.6. The quantitative estimate of drug-likeness (QED) is 0.788. The summed E-state index contributed by atoms with van der Waals surface area (Å²) in [5.41, 5.74) is 0. The van der Waals surface area contributed by atoms with Gasteiger partial charge in [0.1, 0.15) is 0 Å². The molecule has 6 nitrogen and oxygen atoms in total. The predicted molar refractivity (Wildman–Crippen MR) is 71.2 cm³/mol. The van der Waals surface area contributed by atoms with Crippen molar-refractivity contribution in [2.45, 2.75) is 56.7 Å². The van der Waals surface area contributed by atoms with Gasteiger partial charge < -0.3 is 20.0 Å². The molecule has 0 aliphatic carbocycles. The van der Waals surface area contributed by atoms with Crippen LogP contribution in [0, 0.1) is 5.92 Å². The highest BCUT2D eigenvalue weighted by molar-refractivity contribution is 5.79. The number of hydrogen-bond acceptors (Lipinski definition) is 3. The third kappa shape index (κ3) is 2.06. The van der Waals surface area contributed by atoms with Crippen LogP contribution >= 0.6 is 0 Å². The summed E-state index contributed by atoms with van der Waals surface area (Å²) in [5.74, 6) is -1.19. The molecule has 3 rings (SSSR count). The van der Waals surface area contributed by atoms with Gasteiger partial charge >= 0.3 is 12.0 Å². The molecule has 2 bridgehead atoms. The van der Waals surface area contributed by atoms with E-state index in [4.69, 9.17) is 0 Å². The molecule has 3 fully saturated rings. The van der Waals surface area contributed by atoms with Crippen LogP contribution in [0.5, 0.6) is 0 Å². The SMILES string of the molecule is O=C(O)C1CC2CCC1N2C(=O)N1CCCCC1CO. The maximum atomic E-state index is 12.7. The van der Waals surface area contributed by atoms with Crippen molar-refractivity contribution >= 4 is 12.0 Å². The fraction of sp³-hybridized carbons (Fsp3) is 0.857. The van der Waals surface area contributed by atoms with E-state index >= 15 is 0 Å². The molecule has 2 N–H and O–H groups in total. The zero-order chi connectivity index (χ0) is 14.3. The van der Waals surface area contributed by atoms with Gasteiger partial charge in [0.25, 0.3) is 0 Å². The standard InChI is InChI=1S/C14H22N2O4/c17-8-10-3-1-2-6-15(10)14(20)16-9-4-5-12(16)11(7-9)13(18)19/h9-12,17H,1-8H2,(H,18,19). The first kappa shape index (κ1) is 13.7. The minimum absolute atomic E-state index is 0.00271. The topological polar surface area (TPSA) is 81.1 Å². The van der Waals surface area contributed by atoms with Crippen LogP contribution in [-0.4, -0.2) is 63.3 Å². The van der Waals surface area contributed by atoms with Gasteiger partial charge in [-0.1, -0.05) is 0 Å². The molecule has 0 aromatic rings. The van der Waals surface area contributed by atoms with Gasteiger partial charge in [-0.05, 0) is 38.5 Å². The highest BCUT2D eigenvalue weighted by Gasteiger charge is 2.52. The summed E-state index contributed by atoms with van der Waals surface area (Å²) < 4.78 is 0. The van der Waals surface area contributed by atoms with Gasteiger partial charge in [0.2, 0.25) is 0 Å². The van der Waals surface area contributed by atoms with Crippen molar-refractivity contribution < 1.29 is 19.8 Å². The number of amides is 2. The second-order valence-corrected chi connectivity index (χ2v) is 6.19. The minimum atomic E-state index is -0.785. The smallest absolute Gasteiger partial charge is 0.320 e. The molecule has 0 aromatic heterocycles. The van der Waals surface area contributed by atoms with E-state index in [0.29, 0.717) is 13.0 Å². The van der Waals surface area contributed by atoms with Gasteiger partial charge in [0.05, 0.1) is 18.6 Å². The number of piperidine rings is 1. The van der Waals surface area contributed by atoms with Crippen LogP contribution < -0.4 is 0 Å². The van der Waals surface area contributed by atoms with Crippen LogP contribution in [0.15, 0.2) is 0 Å². The molecule has 3 heterocycles. The highest BCUT2D eigenvalue weighted by Crippen LogP contribution is 2.42. The molecule has 2 amide bonds. The lowest BCUT2D eigenvalue weighted by Gasteiger charge is -2.38. The minimum Gasteiger partial charge on any atom is -0.481 e. The van der Waals surface area contributed by atoms with Crippen molar-refractivity contribution in [1.82, 2.24) is 9.80 Å². The molecule has 4 atom stereocenters. The summed E-state index contributed by atoms with van der Waals surface area (Å²) in [5, 5.41) is 18.7. The number of carbonyl (C=O) groups excluding carboxylic acids is 1. The fourth-order valence-electron chi connectivity index (χ4n) is 4.14. The molecule has 20 heavy (non-hydrogen) atoms. The molecule has 3 saturated heterocycles. The number of hydrogen-bond donors (Lipinski definition) is 2. The van der Waals surface area contributed by atoms with Gasteiger partial charge in [-0.3, -0.25) is 4.79 Å². The molecule has 0 radical (unpaired) electrons. The Labute approximate surface area is 118 Å². The number of urea groups is 1. The summed E-state index contributed by atoms with van der Waals surface area (Å²) in [6.45, 7) is 0.676. The molecule has 112 valence electrons. The molecule has 0 saturated carbocycles. The lowest BCUT2D eigenvalue weighted by atomic mass is 9.89. The normalized spacial score (nSPS) is 36.5. The van der Waals surface area contributed by atoms with E-state index in [1.54, 1.807) is 9.80 Å². The molecular formula is C14H22N2O4. The van der Waals surface area contributed by atoms with Crippen LogP contribution in [0.25, 0.3) is 0 Å². The first-order valence-electron chi connectivity index (χ1n) is 7.56. The van der Waals surface area contributed by atoms with E-state index in [0.717, 1.165) is 32.1 Å². The van der Waals surface area contributed by atoms with Crippen molar-refractivity contribution in [2.24, 2.45) is 5.92 Å². The number of likely N-dealkylation sites (tertiary alicyclic amines) is 1. The number of aliphatic hydroxyl groups is 1. The highest BCUT2D eigenvalue weighted by atomic mass is 16.4. The molecule has 3 aliphatic heterocycles. The molecule has 3 aliphatic rings. The van der Waals surface area contributed by atoms with Crippen LogP contribution in [-0.2, 0) is 4.79 Å². The number of carboxylic acids is 1. The fourth-order valence-corrected chi connectivity index (χ4v) is 4.14. The van der Waals surface area contributed by atoms with E-state index in [2.05, 4.69) is 0 Å². The van der Waals surface area contributed by atoms with Gasteiger partial charge in [-0.15, -0.1) is 0 Å². The maximum absolute atomic E-state index is 12.7. The third-order valence-electron chi connectivity index (χ3n) is 5.16. The van der Waals surface area contributed by atoms with Crippen LogP contribution in [0.4, 0.5) is 4.79 Å². The number of aliphatic carboxylic acids is 1. The second-order valence-electron chi connectivity index (χ2n) is 6.19. The Morgan fingerprint density at radius 3 is 2.60 bits per heavy atom. The molecular weight excluding hydrogens is 260 g/mol. The summed E-state index contributed by atoms with van der Waals surface area (Å²) >= 11 is 0. The van der Waals surface area contributed by atoms with Crippen LogP contribution in [0.3, 0.4) is 0 Å². The van der Waals surface area contributed by atoms with Crippen molar-refractivity contribution in [3.63, 3.8) is 0 Å². The van der Waals surface area contributed by atoms with Gasteiger partial charge in [-0.25, -0.2) is 4.79 Å². The molecule has 0 aromatic carbocycles. The van der Waals surface area contributed by atoms with E-state index in [-0.39, 0.29) is 30.8 Å². The Kier molecular flexibility index (Phi) is 3.58. The Bertz CT molecular complexity index is 414. The Morgan fingerprint density at radius 2 is 1.95 bits per heavy atom. The van der Waals surface area contributed by atoms with Gasteiger partial charge in [-0.2, -0.15) is 0 Å². The van der Waals surface area contributed by atoms with E-state index < -0.39 is 11.9 Å². The summed E-state index contributed by atoms with van der Waals surface area (Å²) in [7, 11) is 0. The van der Waals surface area contributed by atoms with E-state index in [9.17, 15) is 19.8 Å². The number of aliphatic hydroxyl groups excluding tert-OH is 1. The summed E-state index contributed by atoms with van der Waals surface area (Å²) in [4.78, 5) is 27.6. The van der Waals surface area contributed by atoms with E-state index in [1.807, 2.05) is 0 Å². The largest absolute Gasteiger partial charge is 0.481 e. The number of carboxylic acid groups (broad SMARTS) is 1. The maximum Gasteiger partial charge on any atom is 0.320 e. The van der Waals surface area contributed by atoms with E-state index in [1.165, 1.54) is 0 Å². The number of nitrogens with zero attached hydrogens (tertiary/aromatic N) is 2. The Balaban J connectivity index is 1.76. The lowest BCUT2D eigenvalue weighted by molar-refractivity contribution is -0.142. The first-order chi connectivity index (χ1) is 9.63. The molecule has 0 spiro atoms.